The molecule has 1 aromatic carbocycles. The molecular weight excluding hydrogens is 345 g/mol. The van der Waals surface area contributed by atoms with Crippen molar-refractivity contribution in [3.05, 3.63) is 29.8 Å². The Hall–Kier alpha value is -1.76. The maximum atomic E-state index is 12.3. The Kier molecular flexibility index (Phi) is 4.71. The van der Waals surface area contributed by atoms with Crippen LogP contribution in [0.1, 0.15) is 52.5 Å². The molecule has 1 aromatic rings. The van der Waals surface area contributed by atoms with E-state index < -0.39 is 6.36 Å². The third-order valence-corrected chi connectivity index (χ3v) is 5.13. The minimum atomic E-state index is -4.68. The first kappa shape index (κ1) is 19.0. The summed E-state index contributed by atoms with van der Waals surface area (Å²) in [5.41, 5.74) is 1.34. The average molecular weight is 370 g/mol. The predicted molar refractivity (Wildman–Crippen MR) is 93.3 cm³/mol. The summed E-state index contributed by atoms with van der Waals surface area (Å²) < 4.78 is 40.7. The molecule has 2 heterocycles. The van der Waals surface area contributed by atoms with Crippen LogP contribution >= 0.6 is 0 Å². The number of halogens is 3. The van der Waals surface area contributed by atoms with Gasteiger partial charge in [-0.25, -0.2) is 0 Å². The Morgan fingerprint density at radius 2 is 1.85 bits per heavy atom. The van der Waals surface area contributed by atoms with E-state index in [0.717, 1.165) is 30.7 Å². The smallest absolute Gasteiger partial charge is 0.406 e. The second-order valence-corrected chi connectivity index (χ2v) is 8.23. The summed E-state index contributed by atoms with van der Waals surface area (Å²) in [5.74, 6) is -0.234. The number of likely N-dealkylation sites (tertiary alicyclic amines) is 1. The lowest BCUT2D eigenvalue weighted by molar-refractivity contribution is -0.274. The van der Waals surface area contributed by atoms with Crippen molar-refractivity contribution in [3.63, 3.8) is 0 Å². The topological polar surface area (TPSA) is 34.1 Å². The van der Waals surface area contributed by atoms with Crippen molar-refractivity contribution in [1.82, 2.24) is 4.90 Å². The van der Waals surface area contributed by atoms with E-state index >= 15 is 0 Å². The first-order valence-corrected chi connectivity index (χ1v) is 8.85. The summed E-state index contributed by atoms with van der Waals surface area (Å²) in [7, 11) is 0. The fraction of sp³-hybridized carbons (Fsp3) is 0.632. The number of piperidine rings is 1. The number of benzene rings is 1. The fourth-order valence-corrected chi connectivity index (χ4v) is 4.06. The van der Waals surface area contributed by atoms with Crippen molar-refractivity contribution in [2.75, 3.05) is 6.54 Å². The molecular formula is C19H25F3N2O2. The second-order valence-electron chi connectivity index (χ2n) is 8.23. The standard InChI is InChI=1S/C19H25F3N2O2/c1-13-11-18(9-10-24(13)17(2,3)4)12-16(23-26-18)14-5-7-15(8-6-14)25-19(20,21)22/h5-8,13H,9-12H2,1-4H3/t13-,18?/m0/s1. The highest BCUT2D eigenvalue weighted by atomic mass is 19.4. The molecule has 1 saturated heterocycles. The van der Waals surface area contributed by atoms with Gasteiger partial charge >= 0.3 is 6.36 Å². The van der Waals surface area contributed by atoms with Gasteiger partial charge in [-0.05, 0) is 57.5 Å². The largest absolute Gasteiger partial charge is 0.573 e. The van der Waals surface area contributed by atoms with E-state index in [1.54, 1.807) is 12.1 Å². The molecule has 0 amide bonds. The molecule has 2 aliphatic rings. The highest BCUT2D eigenvalue weighted by molar-refractivity contribution is 6.01. The van der Waals surface area contributed by atoms with E-state index in [4.69, 9.17) is 4.84 Å². The lowest BCUT2D eigenvalue weighted by Crippen LogP contribution is -2.56. The molecule has 4 nitrogen and oxygen atoms in total. The van der Waals surface area contributed by atoms with Crippen LogP contribution in [-0.4, -0.2) is 40.7 Å². The zero-order chi connectivity index (χ0) is 19.2. The third-order valence-electron chi connectivity index (χ3n) is 5.13. The molecule has 0 aromatic heterocycles. The first-order chi connectivity index (χ1) is 12.0. The van der Waals surface area contributed by atoms with Gasteiger partial charge in [0.2, 0.25) is 0 Å². The normalized spacial score (nSPS) is 27.3. The van der Waals surface area contributed by atoms with Crippen LogP contribution in [-0.2, 0) is 4.84 Å². The van der Waals surface area contributed by atoms with Crippen molar-refractivity contribution < 1.29 is 22.7 Å². The molecule has 1 fully saturated rings. The van der Waals surface area contributed by atoms with Gasteiger partial charge in [0.25, 0.3) is 0 Å². The molecule has 0 N–H and O–H groups in total. The number of hydrogen-bond acceptors (Lipinski definition) is 4. The lowest BCUT2D eigenvalue weighted by atomic mass is 9.80. The van der Waals surface area contributed by atoms with Crippen LogP contribution < -0.4 is 4.74 Å². The SMILES string of the molecule is C[C@H]1CC2(CCN1C(C)(C)C)CC(c1ccc(OC(F)(F)F)cc1)=NO2. The van der Waals surface area contributed by atoms with Crippen molar-refractivity contribution in [1.29, 1.82) is 0 Å². The van der Waals surface area contributed by atoms with Gasteiger partial charge in [0.05, 0.1) is 5.71 Å². The Morgan fingerprint density at radius 1 is 1.19 bits per heavy atom. The molecule has 2 atom stereocenters. The monoisotopic (exact) mass is 370 g/mol. The van der Waals surface area contributed by atoms with Crippen molar-refractivity contribution in [2.45, 2.75) is 70.5 Å². The highest BCUT2D eigenvalue weighted by Crippen LogP contribution is 2.40. The minimum absolute atomic E-state index is 0.109. The van der Waals surface area contributed by atoms with Gasteiger partial charge in [0, 0.05) is 37.4 Å². The first-order valence-electron chi connectivity index (χ1n) is 8.85. The average Bonchev–Trinajstić information content (AvgIpc) is 2.88. The van der Waals surface area contributed by atoms with Crippen LogP contribution in [0.4, 0.5) is 13.2 Å². The number of rotatable bonds is 2. The predicted octanol–water partition coefficient (Wildman–Crippen LogP) is 4.73. The van der Waals surface area contributed by atoms with E-state index in [1.165, 1.54) is 12.1 Å². The molecule has 0 aliphatic carbocycles. The Balaban J connectivity index is 1.65. The summed E-state index contributed by atoms with van der Waals surface area (Å²) in [6.45, 7) is 9.78. The molecule has 1 spiro atoms. The summed E-state index contributed by atoms with van der Waals surface area (Å²) in [6.07, 6.45) is -2.24. The Bertz CT molecular complexity index is 680. The van der Waals surface area contributed by atoms with E-state index in [0.29, 0.717) is 12.5 Å². The van der Waals surface area contributed by atoms with Crippen molar-refractivity contribution in [3.8, 4) is 5.75 Å². The summed E-state index contributed by atoms with van der Waals surface area (Å²) in [5, 5.41) is 4.24. The number of nitrogens with zero attached hydrogens (tertiary/aromatic N) is 2. The lowest BCUT2D eigenvalue weighted by Gasteiger charge is -2.48. The van der Waals surface area contributed by atoms with Crippen LogP contribution in [0.25, 0.3) is 0 Å². The van der Waals surface area contributed by atoms with Gasteiger partial charge in [0.15, 0.2) is 0 Å². The number of oxime groups is 1. The summed E-state index contributed by atoms with van der Waals surface area (Å²) in [6, 6.07) is 6.18. The second kappa shape index (κ2) is 6.44. The van der Waals surface area contributed by atoms with Crippen LogP contribution in [0.15, 0.2) is 29.4 Å². The van der Waals surface area contributed by atoms with Crippen LogP contribution in [0, 0.1) is 0 Å². The third kappa shape index (κ3) is 4.14. The van der Waals surface area contributed by atoms with Crippen LogP contribution in [0.5, 0.6) is 5.75 Å². The molecule has 1 unspecified atom stereocenters. The molecule has 0 bridgehead atoms. The number of ether oxygens (including phenoxy) is 1. The van der Waals surface area contributed by atoms with E-state index in [9.17, 15) is 13.2 Å². The van der Waals surface area contributed by atoms with E-state index in [-0.39, 0.29) is 16.9 Å². The Morgan fingerprint density at radius 3 is 2.38 bits per heavy atom. The van der Waals surface area contributed by atoms with Crippen LogP contribution in [0.2, 0.25) is 0 Å². The fourth-order valence-electron chi connectivity index (χ4n) is 4.06. The summed E-state index contributed by atoms with van der Waals surface area (Å²) in [4.78, 5) is 8.32. The molecule has 144 valence electrons. The van der Waals surface area contributed by atoms with Gasteiger partial charge < -0.3 is 9.57 Å². The van der Waals surface area contributed by atoms with E-state index in [2.05, 4.69) is 42.5 Å². The quantitative estimate of drug-likeness (QED) is 0.755. The zero-order valence-electron chi connectivity index (χ0n) is 15.6. The number of alkyl halides is 3. The molecule has 0 radical (unpaired) electrons. The molecule has 2 aliphatic heterocycles. The molecule has 7 heteroatoms. The molecule has 0 saturated carbocycles. The maximum Gasteiger partial charge on any atom is 0.573 e. The highest BCUT2D eigenvalue weighted by Gasteiger charge is 2.46. The van der Waals surface area contributed by atoms with E-state index in [1.807, 2.05) is 0 Å². The summed E-state index contributed by atoms with van der Waals surface area (Å²) >= 11 is 0. The van der Waals surface area contributed by atoms with Crippen molar-refractivity contribution >= 4 is 5.71 Å². The minimum Gasteiger partial charge on any atom is -0.406 e. The van der Waals surface area contributed by atoms with Crippen LogP contribution in [0.3, 0.4) is 0 Å². The van der Waals surface area contributed by atoms with Gasteiger partial charge in [-0.15, -0.1) is 13.2 Å². The maximum absolute atomic E-state index is 12.3. The van der Waals surface area contributed by atoms with Gasteiger partial charge in [0.1, 0.15) is 11.4 Å². The Labute approximate surface area is 151 Å². The molecule has 3 rings (SSSR count). The van der Waals surface area contributed by atoms with Gasteiger partial charge in [-0.3, -0.25) is 4.90 Å². The zero-order valence-corrected chi connectivity index (χ0v) is 15.6. The molecule has 26 heavy (non-hydrogen) atoms. The number of hydrogen-bond donors (Lipinski definition) is 0. The van der Waals surface area contributed by atoms with Gasteiger partial charge in [-0.1, -0.05) is 5.16 Å². The van der Waals surface area contributed by atoms with Crippen molar-refractivity contribution in [2.24, 2.45) is 5.16 Å². The van der Waals surface area contributed by atoms with Gasteiger partial charge in [-0.2, -0.15) is 0 Å².